The van der Waals surface area contributed by atoms with Gasteiger partial charge in [0.2, 0.25) is 0 Å². The number of nitrogen functional groups attached to an aromatic ring is 1. The van der Waals surface area contributed by atoms with Crippen LogP contribution in [0, 0.1) is 11.6 Å². The summed E-state index contributed by atoms with van der Waals surface area (Å²) in [7, 11) is 0. The molecule has 2 N–H and O–H groups in total. The van der Waals surface area contributed by atoms with E-state index in [2.05, 4.69) is 5.10 Å². The van der Waals surface area contributed by atoms with Crippen molar-refractivity contribution in [3.63, 3.8) is 0 Å². The first-order chi connectivity index (χ1) is 10.2. The van der Waals surface area contributed by atoms with E-state index in [-0.39, 0.29) is 5.56 Å². The van der Waals surface area contributed by atoms with Crippen LogP contribution < -0.4 is 5.73 Å². The molecule has 3 rings (SSSR count). The van der Waals surface area contributed by atoms with E-state index in [1.54, 1.807) is 6.20 Å². The maximum Gasteiger partial charge on any atom is 0.168 e. The van der Waals surface area contributed by atoms with Crippen LogP contribution in [0.3, 0.4) is 0 Å². The maximum atomic E-state index is 13.9. The van der Waals surface area contributed by atoms with Crippen LogP contribution in [-0.4, -0.2) is 9.78 Å². The number of halogens is 2. The number of nitrogens with two attached hydrogens (primary N) is 1. The molecule has 0 aliphatic heterocycles. The van der Waals surface area contributed by atoms with E-state index >= 15 is 0 Å². The fourth-order valence-electron chi connectivity index (χ4n) is 3.01. The molecule has 1 aromatic carbocycles. The first-order valence-electron chi connectivity index (χ1n) is 7.46. The fraction of sp³-hybridized carbons (Fsp3) is 0.438. The van der Waals surface area contributed by atoms with Gasteiger partial charge < -0.3 is 5.73 Å². The predicted molar refractivity (Wildman–Crippen MR) is 78.7 cm³/mol. The van der Waals surface area contributed by atoms with Crippen molar-refractivity contribution in [2.45, 2.75) is 44.6 Å². The first-order valence-corrected chi connectivity index (χ1v) is 7.46. The molecule has 3 nitrogen and oxygen atoms in total. The van der Waals surface area contributed by atoms with E-state index in [1.807, 2.05) is 4.68 Å². The summed E-state index contributed by atoms with van der Waals surface area (Å²) in [4.78, 5) is 0. The lowest BCUT2D eigenvalue weighted by molar-refractivity contribution is 0.406. The van der Waals surface area contributed by atoms with Crippen LogP contribution in [0.4, 0.5) is 14.5 Å². The molecule has 21 heavy (non-hydrogen) atoms. The monoisotopic (exact) mass is 291 g/mol. The SMILES string of the molecule is Nc1cn(C2CCCCCC2)nc1-c1cccc(F)c1F. The molecule has 2 aromatic rings. The quantitative estimate of drug-likeness (QED) is 0.838. The highest BCUT2D eigenvalue weighted by molar-refractivity contribution is 5.72. The smallest absolute Gasteiger partial charge is 0.168 e. The Morgan fingerprint density at radius 3 is 2.52 bits per heavy atom. The zero-order valence-corrected chi connectivity index (χ0v) is 11.9. The van der Waals surface area contributed by atoms with Crippen LogP contribution in [0.15, 0.2) is 24.4 Å². The highest BCUT2D eigenvalue weighted by Gasteiger charge is 2.20. The van der Waals surface area contributed by atoms with Crippen molar-refractivity contribution in [1.29, 1.82) is 0 Å². The van der Waals surface area contributed by atoms with Crippen molar-refractivity contribution < 1.29 is 8.78 Å². The lowest BCUT2D eigenvalue weighted by Gasteiger charge is -2.14. The Morgan fingerprint density at radius 1 is 1.10 bits per heavy atom. The van der Waals surface area contributed by atoms with Crippen LogP contribution in [0.1, 0.15) is 44.6 Å². The molecule has 1 aromatic heterocycles. The van der Waals surface area contributed by atoms with Crippen molar-refractivity contribution in [3.05, 3.63) is 36.0 Å². The zero-order valence-electron chi connectivity index (χ0n) is 11.9. The standard InChI is InChI=1S/C16H19F2N3/c17-13-9-5-8-12(15(13)18)16-14(19)10-21(20-16)11-6-3-1-2-4-7-11/h5,8-11H,1-4,6-7,19H2. The predicted octanol–water partition coefficient (Wildman–Crippen LogP) is 4.31. The van der Waals surface area contributed by atoms with Crippen molar-refractivity contribution in [3.8, 4) is 11.3 Å². The molecule has 1 aliphatic rings. The van der Waals surface area contributed by atoms with E-state index in [0.717, 1.165) is 18.9 Å². The molecule has 1 aliphatic carbocycles. The molecule has 0 radical (unpaired) electrons. The summed E-state index contributed by atoms with van der Waals surface area (Å²) >= 11 is 0. The minimum Gasteiger partial charge on any atom is -0.396 e. The summed E-state index contributed by atoms with van der Waals surface area (Å²) in [5.74, 6) is -1.77. The van der Waals surface area contributed by atoms with Crippen LogP contribution in [-0.2, 0) is 0 Å². The number of aromatic nitrogens is 2. The maximum absolute atomic E-state index is 13.9. The number of hydrogen-bond donors (Lipinski definition) is 1. The topological polar surface area (TPSA) is 43.8 Å². The second-order valence-electron chi connectivity index (χ2n) is 5.66. The fourth-order valence-corrected chi connectivity index (χ4v) is 3.01. The third kappa shape index (κ3) is 2.77. The minimum atomic E-state index is -0.893. The van der Waals surface area contributed by atoms with Gasteiger partial charge in [-0.3, -0.25) is 4.68 Å². The summed E-state index contributed by atoms with van der Waals surface area (Å²) in [6.07, 6.45) is 8.72. The van der Waals surface area contributed by atoms with Gasteiger partial charge in [-0.2, -0.15) is 5.10 Å². The minimum absolute atomic E-state index is 0.125. The van der Waals surface area contributed by atoms with Crippen molar-refractivity contribution in [2.24, 2.45) is 0 Å². The number of hydrogen-bond acceptors (Lipinski definition) is 2. The largest absolute Gasteiger partial charge is 0.396 e. The van der Waals surface area contributed by atoms with Gasteiger partial charge in [0, 0.05) is 11.8 Å². The normalized spacial score (nSPS) is 16.9. The summed E-state index contributed by atoms with van der Waals surface area (Å²) in [5, 5.41) is 4.43. The average molecular weight is 291 g/mol. The summed E-state index contributed by atoms with van der Waals surface area (Å²) in [6.45, 7) is 0. The number of rotatable bonds is 2. The third-order valence-corrected chi connectivity index (χ3v) is 4.17. The van der Waals surface area contributed by atoms with Gasteiger partial charge >= 0.3 is 0 Å². The van der Waals surface area contributed by atoms with Crippen LogP contribution in [0.5, 0.6) is 0 Å². The second-order valence-corrected chi connectivity index (χ2v) is 5.66. The highest BCUT2D eigenvalue weighted by atomic mass is 19.2. The molecule has 1 fully saturated rings. The molecule has 1 heterocycles. The zero-order chi connectivity index (χ0) is 14.8. The van der Waals surface area contributed by atoms with Gasteiger partial charge in [0.1, 0.15) is 5.69 Å². The van der Waals surface area contributed by atoms with Crippen LogP contribution in [0.25, 0.3) is 11.3 Å². The van der Waals surface area contributed by atoms with E-state index in [9.17, 15) is 8.78 Å². The Balaban J connectivity index is 1.95. The molecular weight excluding hydrogens is 272 g/mol. The van der Waals surface area contributed by atoms with E-state index in [0.29, 0.717) is 17.4 Å². The molecule has 0 bridgehead atoms. The Kier molecular flexibility index (Phi) is 3.90. The molecule has 112 valence electrons. The van der Waals surface area contributed by atoms with E-state index in [1.165, 1.54) is 37.8 Å². The number of benzene rings is 1. The Labute approximate surface area is 122 Å². The average Bonchev–Trinajstić information content (AvgIpc) is 2.70. The second kappa shape index (κ2) is 5.84. The Bertz CT molecular complexity index is 628. The van der Waals surface area contributed by atoms with Gasteiger partial charge in [-0.25, -0.2) is 8.78 Å². The molecule has 0 amide bonds. The molecule has 0 atom stereocenters. The molecular formula is C16H19F2N3. The Hall–Kier alpha value is -1.91. The van der Waals surface area contributed by atoms with Crippen molar-refractivity contribution in [1.82, 2.24) is 9.78 Å². The van der Waals surface area contributed by atoms with Gasteiger partial charge in [-0.05, 0) is 25.0 Å². The van der Waals surface area contributed by atoms with Gasteiger partial charge in [0.15, 0.2) is 11.6 Å². The first kappa shape index (κ1) is 14.0. The molecule has 1 saturated carbocycles. The van der Waals surface area contributed by atoms with Gasteiger partial charge in [0.05, 0.1) is 11.7 Å². The van der Waals surface area contributed by atoms with Crippen molar-refractivity contribution in [2.75, 3.05) is 5.73 Å². The molecule has 5 heteroatoms. The lowest BCUT2D eigenvalue weighted by atomic mass is 10.1. The van der Waals surface area contributed by atoms with Gasteiger partial charge in [-0.1, -0.05) is 31.7 Å². The van der Waals surface area contributed by atoms with Crippen LogP contribution in [0.2, 0.25) is 0 Å². The van der Waals surface area contributed by atoms with E-state index < -0.39 is 11.6 Å². The summed E-state index contributed by atoms with van der Waals surface area (Å²) in [6, 6.07) is 4.38. The molecule has 0 saturated heterocycles. The lowest BCUT2D eigenvalue weighted by Crippen LogP contribution is -2.08. The van der Waals surface area contributed by atoms with Crippen LogP contribution >= 0.6 is 0 Å². The summed E-state index contributed by atoms with van der Waals surface area (Å²) < 4.78 is 29.1. The Morgan fingerprint density at radius 2 is 1.81 bits per heavy atom. The van der Waals surface area contributed by atoms with Gasteiger partial charge in [-0.15, -0.1) is 0 Å². The van der Waals surface area contributed by atoms with Gasteiger partial charge in [0.25, 0.3) is 0 Å². The molecule has 0 unspecified atom stereocenters. The third-order valence-electron chi connectivity index (χ3n) is 4.17. The summed E-state index contributed by atoms with van der Waals surface area (Å²) in [5.41, 5.74) is 6.81. The molecule has 0 spiro atoms. The van der Waals surface area contributed by atoms with E-state index in [4.69, 9.17) is 5.73 Å². The van der Waals surface area contributed by atoms with Crippen molar-refractivity contribution >= 4 is 5.69 Å². The number of nitrogens with zero attached hydrogens (tertiary/aromatic N) is 2. The number of anilines is 1. The highest BCUT2D eigenvalue weighted by Crippen LogP contribution is 2.32.